The summed E-state index contributed by atoms with van der Waals surface area (Å²) in [6.07, 6.45) is 2.35. The smallest absolute Gasteiger partial charge is 0.115 e. The standard InChI is InChI=1S/C30H24Cl2N2O/c31-24-11-6-20(7-12-24)29(21-8-13-25(32)14-9-21)23-10-15-27-28(17-23)34(30(33-27)22-4-5-22)18-19-2-1-3-26(35)16-19/h1-3,6-17,22,29,35H,4-5,18H2. The van der Waals surface area contributed by atoms with Crippen molar-refractivity contribution >= 4 is 34.2 Å². The Morgan fingerprint density at radius 3 is 2.03 bits per heavy atom. The maximum atomic E-state index is 10.0. The minimum absolute atomic E-state index is 0.0300. The summed E-state index contributed by atoms with van der Waals surface area (Å²) in [5.74, 6) is 1.95. The molecule has 1 N–H and O–H groups in total. The summed E-state index contributed by atoms with van der Waals surface area (Å²) >= 11 is 12.4. The minimum atomic E-state index is 0.0300. The van der Waals surface area contributed by atoms with Crippen LogP contribution in [0.2, 0.25) is 10.0 Å². The Hall–Kier alpha value is -3.27. The largest absolute Gasteiger partial charge is 0.508 e. The SMILES string of the molecule is Oc1cccc(Cn2c(C3CC3)nc3ccc(C(c4ccc(Cl)cc4)c4ccc(Cl)cc4)cc32)c1. The number of hydrogen-bond donors (Lipinski definition) is 1. The van der Waals surface area contributed by atoms with Gasteiger partial charge in [-0.2, -0.15) is 0 Å². The molecule has 0 aliphatic heterocycles. The van der Waals surface area contributed by atoms with Crippen molar-refractivity contribution in [1.29, 1.82) is 0 Å². The Morgan fingerprint density at radius 2 is 1.43 bits per heavy atom. The Bertz CT molecular complexity index is 1460. The van der Waals surface area contributed by atoms with Crippen molar-refractivity contribution < 1.29 is 5.11 Å². The van der Waals surface area contributed by atoms with Crippen molar-refractivity contribution in [3.63, 3.8) is 0 Å². The van der Waals surface area contributed by atoms with E-state index in [1.165, 1.54) is 18.4 Å². The molecule has 1 aliphatic rings. The van der Waals surface area contributed by atoms with E-state index in [2.05, 4.69) is 53.1 Å². The first-order chi connectivity index (χ1) is 17.0. The summed E-state index contributed by atoms with van der Waals surface area (Å²) in [4.78, 5) is 5.03. The van der Waals surface area contributed by atoms with Gasteiger partial charge in [0, 0.05) is 28.4 Å². The molecule has 1 fully saturated rings. The molecule has 0 atom stereocenters. The topological polar surface area (TPSA) is 38.0 Å². The van der Waals surface area contributed by atoms with Crippen LogP contribution in [0.4, 0.5) is 0 Å². The Labute approximate surface area is 214 Å². The molecule has 0 saturated heterocycles. The van der Waals surface area contributed by atoms with Crippen LogP contribution in [0.3, 0.4) is 0 Å². The first-order valence-electron chi connectivity index (χ1n) is 11.8. The molecule has 4 aromatic carbocycles. The average molecular weight is 499 g/mol. The summed E-state index contributed by atoms with van der Waals surface area (Å²) < 4.78 is 2.33. The van der Waals surface area contributed by atoms with E-state index in [9.17, 15) is 5.11 Å². The van der Waals surface area contributed by atoms with Crippen LogP contribution >= 0.6 is 23.2 Å². The summed E-state index contributed by atoms with van der Waals surface area (Å²) in [5, 5.41) is 11.4. The number of imidazole rings is 1. The van der Waals surface area contributed by atoms with E-state index in [0.717, 1.165) is 43.6 Å². The lowest BCUT2D eigenvalue weighted by Crippen LogP contribution is -2.06. The fourth-order valence-corrected chi connectivity index (χ4v) is 5.13. The molecule has 3 nitrogen and oxygen atoms in total. The van der Waals surface area contributed by atoms with Crippen molar-refractivity contribution in [2.45, 2.75) is 31.2 Å². The van der Waals surface area contributed by atoms with Gasteiger partial charge in [0.05, 0.1) is 11.0 Å². The number of hydrogen-bond acceptors (Lipinski definition) is 2. The predicted molar refractivity (Wildman–Crippen MR) is 143 cm³/mol. The molecule has 35 heavy (non-hydrogen) atoms. The van der Waals surface area contributed by atoms with Gasteiger partial charge in [-0.1, -0.05) is 65.7 Å². The number of halogens is 2. The summed E-state index contributed by atoms with van der Waals surface area (Å²) in [5.41, 5.74) is 6.68. The predicted octanol–water partition coefficient (Wildman–Crippen LogP) is 8.15. The number of benzene rings is 4. The average Bonchev–Trinajstić information content (AvgIpc) is 3.64. The van der Waals surface area contributed by atoms with Crippen molar-refractivity contribution in [1.82, 2.24) is 9.55 Å². The van der Waals surface area contributed by atoms with Crippen LogP contribution in [0.25, 0.3) is 11.0 Å². The summed E-state index contributed by atoms with van der Waals surface area (Å²) in [7, 11) is 0. The second kappa shape index (κ2) is 9.07. The molecule has 0 bridgehead atoms. The van der Waals surface area contributed by atoms with E-state index in [0.29, 0.717) is 12.5 Å². The zero-order valence-corrected chi connectivity index (χ0v) is 20.5. The number of nitrogens with zero attached hydrogens (tertiary/aromatic N) is 2. The highest BCUT2D eigenvalue weighted by molar-refractivity contribution is 6.30. The lowest BCUT2D eigenvalue weighted by atomic mass is 9.85. The van der Waals surface area contributed by atoms with Gasteiger partial charge in [-0.25, -0.2) is 4.98 Å². The van der Waals surface area contributed by atoms with Gasteiger partial charge in [0.2, 0.25) is 0 Å². The second-order valence-corrected chi connectivity index (χ2v) is 10.2. The maximum Gasteiger partial charge on any atom is 0.115 e. The van der Waals surface area contributed by atoms with E-state index in [4.69, 9.17) is 28.2 Å². The zero-order valence-electron chi connectivity index (χ0n) is 19.0. The van der Waals surface area contributed by atoms with Gasteiger partial charge in [-0.15, -0.1) is 0 Å². The lowest BCUT2D eigenvalue weighted by molar-refractivity contribution is 0.474. The summed E-state index contributed by atoms with van der Waals surface area (Å²) in [6, 6.07) is 30.2. The van der Waals surface area contributed by atoms with Crippen LogP contribution in [0.1, 0.15) is 52.8 Å². The minimum Gasteiger partial charge on any atom is -0.508 e. The fourth-order valence-electron chi connectivity index (χ4n) is 4.88. The molecular weight excluding hydrogens is 475 g/mol. The van der Waals surface area contributed by atoms with Gasteiger partial charge in [-0.3, -0.25) is 0 Å². The molecule has 0 spiro atoms. The van der Waals surface area contributed by atoms with Gasteiger partial charge >= 0.3 is 0 Å². The lowest BCUT2D eigenvalue weighted by Gasteiger charge is -2.20. The fraction of sp³-hybridized carbons (Fsp3) is 0.167. The molecule has 0 radical (unpaired) electrons. The van der Waals surface area contributed by atoms with Gasteiger partial charge in [-0.05, 0) is 83.6 Å². The zero-order chi connectivity index (χ0) is 23.9. The monoisotopic (exact) mass is 498 g/mol. The number of phenolic OH excluding ortho intramolecular Hbond substituents is 1. The molecule has 1 aliphatic carbocycles. The van der Waals surface area contributed by atoms with E-state index < -0.39 is 0 Å². The highest BCUT2D eigenvalue weighted by atomic mass is 35.5. The van der Waals surface area contributed by atoms with Crippen LogP contribution in [0, 0.1) is 0 Å². The van der Waals surface area contributed by atoms with Gasteiger partial charge < -0.3 is 9.67 Å². The van der Waals surface area contributed by atoms with Crippen LogP contribution in [0.15, 0.2) is 91.0 Å². The van der Waals surface area contributed by atoms with E-state index in [-0.39, 0.29) is 11.7 Å². The van der Waals surface area contributed by atoms with Gasteiger partial charge in [0.25, 0.3) is 0 Å². The highest BCUT2D eigenvalue weighted by Gasteiger charge is 2.30. The van der Waals surface area contributed by atoms with Crippen LogP contribution < -0.4 is 0 Å². The molecule has 5 heteroatoms. The molecule has 1 saturated carbocycles. The van der Waals surface area contributed by atoms with Crippen molar-refractivity contribution in [2.24, 2.45) is 0 Å². The van der Waals surface area contributed by atoms with Crippen LogP contribution in [-0.2, 0) is 6.54 Å². The summed E-state index contributed by atoms with van der Waals surface area (Å²) in [6.45, 7) is 0.673. The van der Waals surface area contributed by atoms with Gasteiger partial charge in [0.1, 0.15) is 11.6 Å². The Balaban J connectivity index is 1.50. The molecule has 6 rings (SSSR count). The molecule has 0 unspecified atom stereocenters. The van der Waals surface area contributed by atoms with Crippen LogP contribution in [0.5, 0.6) is 5.75 Å². The quantitative estimate of drug-likeness (QED) is 0.240. The maximum absolute atomic E-state index is 10.0. The van der Waals surface area contributed by atoms with Crippen molar-refractivity contribution in [3.8, 4) is 5.75 Å². The van der Waals surface area contributed by atoms with Crippen molar-refractivity contribution in [2.75, 3.05) is 0 Å². The number of aromatic hydroxyl groups is 1. The Kier molecular flexibility index (Phi) is 5.75. The number of phenols is 1. The second-order valence-electron chi connectivity index (χ2n) is 9.28. The van der Waals surface area contributed by atoms with E-state index in [1.54, 1.807) is 6.07 Å². The Morgan fingerprint density at radius 1 is 0.800 bits per heavy atom. The van der Waals surface area contributed by atoms with Gasteiger partial charge in [0.15, 0.2) is 0 Å². The number of fused-ring (bicyclic) bond motifs is 1. The van der Waals surface area contributed by atoms with Crippen molar-refractivity contribution in [3.05, 3.63) is 129 Å². The first kappa shape index (κ1) is 22.2. The molecule has 5 aromatic rings. The van der Waals surface area contributed by atoms with E-state index >= 15 is 0 Å². The van der Waals surface area contributed by atoms with E-state index in [1.807, 2.05) is 36.4 Å². The first-order valence-corrected chi connectivity index (χ1v) is 12.6. The molecule has 1 heterocycles. The third kappa shape index (κ3) is 4.54. The molecule has 0 amide bonds. The molecular formula is C30H24Cl2N2O. The van der Waals surface area contributed by atoms with Crippen LogP contribution in [-0.4, -0.2) is 14.7 Å². The highest BCUT2D eigenvalue weighted by Crippen LogP contribution is 2.42. The number of aromatic nitrogens is 2. The third-order valence-electron chi connectivity index (χ3n) is 6.74. The molecule has 1 aromatic heterocycles. The third-order valence-corrected chi connectivity index (χ3v) is 7.24. The molecule has 174 valence electrons. The normalized spacial score (nSPS) is 13.6. The number of rotatable bonds is 6.